The van der Waals surface area contributed by atoms with Crippen LogP contribution in [-0.4, -0.2) is 13.2 Å². The molecule has 1 aromatic carbocycles. The van der Waals surface area contributed by atoms with E-state index >= 15 is 0 Å². The van der Waals surface area contributed by atoms with E-state index in [1.807, 2.05) is 49.6 Å². The Labute approximate surface area is 123 Å². The van der Waals surface area contributed by atoms with Crippen molar-refractivity contribution in [3.63, 3.8) is 0 Å². The molecule has 0 saturated heterocycles. The van der Waals surface area contributed by atoms with E-state index in [0.717, 1.165) is 21.9 Å². The minimum absolute atomic E-state index is 0.110. The normalized spacial score (nSPS) is 12.4. The van der Waals surface area contributed by atoms with Crippen molar-refractivity contribution in [3.05, 3.63) is 46.2 Å². The largest absolute Gasteiger partial charge is 0.496 e. The molecular weight excluding hydrogens is 272 g/mol. The number of nitrogens with two attached hydrogens (primary N) is 1. The Morgan fingerprint density at radius 3 is 2.70 bits per heavy atom. The minimum Gasteiger partial charge on any atom is -0.496 e. The van der Waals surface area contributed by atoms with Crippen LogP contribution in [0.2, 0.25) is 0 Å². The Hall–Kier alpha value is -1.56. The molecule has 1 atom stereocenters. The van der Waals surface area contributed by atoms with Crippen LogP contribution in [0.15, 0.2) is 35.7 Å². The van der Waals surface area contributed by atoms with Crippen molar-refractivity contribution in [2.45, 2.75) is 26.0 Å². The van der Waals surface area contributed by atoms with Crippen LogP contribution in [0, 0.1) is 0 Å². The van der Waals surface area contributed by atoms with E-state index in [9.17, 15) is 0 Å². The van der Waals surface area contributed by atoms with Gasteiger partial charge in [0.15, 0.2) is 0 Å². The summed E-state index contributed by atoms with van der Waals surface area (Å²) in [7, 11) is 1.66. The van der Waals surface area contributed by atoms with E-state index in [2.05, 4.69) is 5.43 Å². The van der Waals surface area contributed by atoms with Gasteiger partial charge in [0, 0.05) is 0 Å². The van der Waals surface area contributed by atoms with Gasteiger partial charge >= 0.3 is 0 Å². The van der Waals surface area contributed by atoms with Crippen LogP contribution in [0.4, 0.5) is 0 Å². The Bertz CT molecular complexity index is 554. The van der Waals surface area contributed by atoms with Gasteiger partial charge in [-0.1, -0.05) is 12.1 Å². The number of rotatable bonds is 6. The molecule has 0 aliphatic heterocycles. The first kappa shape index (κ1) is 14.8. The van der Waals surface area contributed by atoms with Gasteiger partial charge < -0.3 is 9.47 Å². The predicted octanol–water partition coefficient (Wildman–Crippen LogP) is 3.10. The Kier molecular flexibility index (Phi) is 5.00. The summed E-state index contributed by atoms with van der Waals surface area (Å²) in [5.41, 5.74) is 3.90. The molecule has 5 heteroatoms. The lowest BCUT2D eigenvalue weighted by molar-refractivity contribution is 0.242. The van der Waals surface area contributed by atoms with Gasteiger partial charge in [0.1, 0.15) is 11.5 Å². The zero-order valence-electron chi connectivity index (χ0n) is 11.9. The fraction of sp³-hybridized carbons (Fsp3) is 0.333. The maximum Gasteiger partial charge on any atom is 0.134 e. The summed E-state index contributed by atoms with van der Waals surface area (Å²) in [5, 5.41) is 1.99. The maximum absolute atomic E-state index is 5.73. The molecule has 0 fully saturated rings. The fourth-order valence-electron chi connectivity index (χ4n) is 2.05. The SMILES string of the molecule is COc1ccsc1C(NN)c1cccc(OC(C)C)c1. The molecule has 2 rings (SSSR count). The van der Waals surface area contributed by atoms with Crippen molar-refractivity contribution in [1.82, 2.24) is 5.43 Å². The number of hydrogen-bond acceptors (Lipinski definition) is 5. The number of nitrogens with one attached hydrogen (secondary N) is 1. The summed E-state index contributed by atoms with van der Waals surface area (Å²) >= 11 is 1.61. The molecule has 0 saturated carbocycles. The first-order valence-electron chi connectivity index (χ1n) is 6.49. The van der Waals surface area contributed by atoms with Crippen molar-refractivity contribution < 1.29 is 9.47 Å². The maximum atomic E-state index is 5.73. The Morgan fingerprint density at radius 2 is 2.05 bits per heavy atom. The second-order valence-corrected chi connectivity index (χ2v) is 5.64. The smallest absolute Gasteiger partial charge is 0.134 e. The molecule has 4 nitrogen and oxygen atoms in total. The molecule has 0 spiro atoms. The monoisotopic (exact) mass is 292 g/mol. The third-order valence-electron chi connectivity index (χ3n) is 2.87. The van der Waals surface area contributed by atoms with E-state index in [1.54, 1.807) is 18.4 Å². The molecule has 1 aromatic heterocycles. The number of hydrogen-bond donors (Lipinski definition) is 2. The molecule has 1 unspecified atom stereocenters. The summed E-state index contributed by atoms with van der Waals surface area (Å²) < 4.78 is 11.1. The zero-order chi connectivity index (χ0) is 14.5. The topological polar surface area (TPSA) is 56.5 Å². The van der Waals surface area contributed by atoms with Crippen LogP contribution in [0.5, 0.6) is 11.5 Å². The average molecular weight is 292 g/mol. The third kappa shape index (κ3) is 3.30. The molecule has 0 bridgehead atoms. The second kappa shape index (κ2) is 6.74. The summed E-state index contributed by atoms with van der Waals surface area (Å²) in [6.07, 6.45) is 0.144. The number of hydrazine groups is 1. The van der Waals surface area contributed by atoms with Crippen LogP contribution >= 0.6 is 11.3 Å². The van der Waals surface area contributed by atoms with Gasteiger partial charge in [-0.3, -0.25) is 5.84 Å². The van der Waals surface area contributed by atoms with Crippen molar-refractivity contribution >= 4 is 11.3 Å². The van der Waals surface area contributed by atoms with E-state index in [1.165, 1.54) is 0 Å². The van der Waals surface area contributed by atoms with E-state index in [4.69, 9.17) is 15.3 Å². The van der Waals surface area contributed by atoms with Crippen LogP contribution in [-0.2, 0) is 0 Å². The van der Waals surface area contributed by atoms with Crippen molar-refractivity contribution in [2.75, 3.05) is 7.11 Å². The number of thiophene rings is 1. The van der Waals surface area contributed by atoms with Gasteiger partial charge in [-0.05, 0) is 43.0 Å². The summed E-state index contributed by atoms with van der Waals surface area (Å²) in [5.74, 6) is 7.41. The molecule has 1 heterocycles. The molecule has 0 aliphatic carbocycles. The van der Waals surface area contributed by atoms with Crippen LogP contribution < -0.4 is 20.7 Å². The summed E-state index contributed by atoms with van der Waals surface area (Å²) in [4.78, 5) is 1.05. The molecule has 0 aliphatic rings. The van der Waals surface area contributed by atoms with E-state index in [0.29, 0.717) is 0 Å². The average Bonchev–Trinajstić information content (AvgIpc) is 2.87. The van der Waals surface area contributed by atoms with Gasteiger partial charge in [-0.15, -0.1) is 11.3 Å². The van der Waals surface area contributed by atoms with Gasteiger partial charge in [-0.25, -0.2) is 5.43 Å². The highest BCUT2D eigenvalue weighted by Crippen LogP contribution is 2.35. The fourth-order valence-corrected chi connectivity index (χ4v) is 3.00. The molecule has 0 radical (unpaired) electrons. The number of benzene rings is 1. The lowest BCUT2D eigenvalue weighted by atomic mass is 10.1. The first-order chi connectivity index (χ1) is 9.65. The first-order valence-corrected chi connectivity index (χ1v) is 7.37. The highest BCUT2D eigenvalue weighted by atomic mass is 32.1. The van der Waals surface area contributed by atoms with Gasteiger partial charge in [0.2, 0.25) is 0 Å². The lowest BCUT2D eigenvalue weighted by Gasteiger charge is -2.18. The van der Waals surface area contributed by atoms with Crippen molar-refractivity contribution in [1.29, 1.82) is 0 Å². The number of methoxy groups -OCH3 is 1. The van der Waals surface area contributed by atoms with Gasteiger partial charge in [-0.2, -0.15) is 0 Å². The standard InChI is InChI=1S/C15H20N2O2S/c1-10(2)19-12-6-4-5-11(9-12)14(17-16)15-13(18-3)7-8-20-15/h4-10,14,17H,16H2,1-3H3. The molecular formula is C15H20N2O2S. The second-order valence-electron chi connectivity index (χ2n) is 4.69. The highest BCUT2D eigenvalue weighted by Gasteiger charge is 2.19. The van der Waals surface area contributed by atoms with E-state index in [-0.39, 0.29) is 12.1 Å². The molecule has 3 N–H and O–H groups in total. The summed E-state index contributed by atoms with van der Waals surface area (Å²) in [6.45, 7) is 4.02. The third-order valence-corrected chi connectivity index (χ3v) is 3.83. The van der Waals surface area contributed by atoms with Crippen LogP contribution in [0.1, 0.15) is 30.3 Å². The van der Waals surface area contributed by atoms with E-state index < -0.39 is 0 Å². The van der Waals surface area contributed by atoms with Crippen LogP contribution in [0.25, 0.3) is 0 Å². The lowest BCUT2D eigenvalue weighted by Crippen LogP contribution is -2.28. The predicted molar refractivity (Wildman–Crippen MR) is 82.2 cm³/mol. The molecule has 0 amide bonds. The Morgan fingerprint density at radius 1 is 1.25 bits per heavy atom. The Balaban J connectivity index is 2.32. The minimum atomic E-state index is -0.110. The van der Waals surface area contributed by atoms with Crippen molar-refractivity contribution in [2.24, 2.45) is 5.84 Å². The van der Waals surface area contributed by atoms with Gasteiger partial charge in [0.25, 0.3) is 0 Å². The van der Waals surface area contributed by atoms with Crippen LogP contribution in [0.3, 0.4) is 0 Å². The number of ether oxygens (including phenoxy) is 2. The van der Waals surface area contributed by atoms with Crippen molar-refractivity contribution in [3.8, 4) is 11.5 Å². The van der Waals surface area contributed by atoms with Gasteiger partial charge in [0.05, 0.1) is 24.1 Å². The summed E-state index contributed by atoms with van der Waals surface area (Å²) in [6, 6.07) is 9.78. The molecule has 2 aromatic rings. The highest BCUT2D eigenvalue weighted by molar-refractivity contribution is 7.10. The quantitative estimate of drug-likeness (QED) is 0.634. The molecule has 108 valence electrons. The zero-order valence-corrected chi connectivity index (χ0v) is 12.7. The molecule has 20 heavy (non-hydrogen) atoms.